The zero-order valence-corrected chi connectivity index (χ0v) is 20.5. The van der Waals surface area contributed by atoms with E-state index >= 15 is 0 Å². The molecule has 0 radical (unpaired) electrons. The number of rotatable bonds is 6. The van der Waals surface area contributed by atoms with Gasteiger partial charge in [0.15, 0.2) is 5.76 Å². The molecule has 0 fully saturated rings. The van der Waals surface area contributed by atoms with Gasteiger partial charge in [0.05, 0.1) is 0 Å². The number of carbonyl (C=O) groups excluding carboxylic acids is 1. The van der Waals surface area contributed by atoms with Gasteiger partial charge < -0.3 is 15.5 Å². The molecule has 0 spiro atoms. The van der Waals surface area contributed by atoms with Crippen molar-refractivity contribution in [2.45, 2.75) is 71.1 Å². The number of nitrogen functional groups attached to an aromatic ring is 1. The Labute approximate surface area is 197 Å². The first kappa shape index (κ1) is 23.2. The summed E-state index contributed by atoms with van der Waals surface area (Å²) in [6, 6.07) is 16.2. The maximum atomic E-state index is 12.5. The van der Waals surface area contributed by atoms with Crippen LogP contribution >= 0.6 is 0 Å². The number of hydrogen-bond acceptors (Lipinski definition) is 3. The highest BCUT2D eigenvalue weighted by Crippen LogP contribution is 2.46. The summed E-state index contributed by atoms with van der Waals surface area (Å²) in [7, 11) is 0. The van der Waals surface area contributed by atoms with Crippen molar-refractivity contribution in [3.8, 4) is 0 Å². The Balaban J connectivity index is 1.44. The van der Waals surface area contributed by atoms with E-state index < -0.39 is 0 Å². The molecule has 0 saturated heterocycles. The molecule has 4 nitrogen and oxygen atoms in total. The van der Waals surface area contributed by atoms with Gasteiger partial charge in [-0.25, -0.2) is 0 Å². The molecule has 2 aromatic carbocycles. The lowest BCUT2D eigenvalue weighted by atomic mass is 9.62. The smallest absolute Gasteiger partial charge is 0.287 e. The lowest BCUT2D eigenvalue weighted by molar-refractivity contribution is 0.0925. The molecule has 1 aliphatic rings. The molecule has 0 aliphatic heterocycles. The van der Waals surface area contributed by atoms with E-state index in [4.69, 9.17) is 10.2 Å². The van der Waals surface area contributed by atoms with Crippen LogP contribution in [0.4, 0.5) is 5.69 Å². The minimum Gasteiger partial charge on any atom is -0.456 e. The fourth-order valence-electron chi connectivity index (χ4n) is 4.83. The third kappa shape index (κ3) is 5.00. The number of aryl methyl sites for hydroxylation is 1. The van der Waals surface area contributed by atoms with Crippen molar-refractivity contribution in [1.29, 1.82) is 0 Å². The predicted molar refractivity (Wildman–Crippen MR) is 135 cm³/mol. The molecular formula is C29H36N2O2. The van der Waals surface area contributed by atoms with E-state index in [9.17, 15) is 4.79 Å². The molecule has 0 saturated carbocycles. The molecule has 1 heterocycles. The number of furan rings is 1. The molecule has 0 unspecified atom stereocenters. The van der Waals surface area contributed by atoms with Gasteiger partial charge in [0, 0.05) is 18.7 Å². The second-order valence-electron chi connectivity index (χ2n) is 10.8. The molecule has 0 atom stereocenters. The maximum absolute atomic E-state index is 12.5. The first-order valence-corrected chi connectivity index (χ1v) is 11.9. The lowest BCUT2D eigenvalue weighted by Gasteiger charge is -2.42. The topological polar surface area (TPSA) is 68.3 Å². The number of amides is 1. The van der Waals surface area contributed by atoms with Gasteiger partial charge in [-0.2, -0.15) is 0 Å². The summed E-state index contributed by atoms with van der Waals surface area (Å²) in [5.41, 5.74) is 13.5. The Morgan fingerprint density at radius 2 is 1.61 bits per heavy atom. The fourth-order valence-corrected chi connectivity index (χ4v) is 4.83. The van der Waals surface area contributed by atoms with Gasteiger partial charge in [0.25, 0.3) is 5.91 Å². The summed E-state index contributed by atoms with van der Waals surface area (Å²) in [6.45, 7) is 12.1. The van der Waals surface area contributed by atoms with E-state index in [1.165, 1.54) is 35.1 Å². The summed E-state index contributed by atoms with van der Waals surface area (Å²) in [5.74, 6) is 0.996. The Bertz CT molecular complexity index is 1150. The molecule has 1 aromatic heterocycles. The number of hydrogen-bond donors (Lipinski definition) is 2. The van der Waals surface area contributed by atoms with Crippen LogP contribution in [0.25, 0.3) is 0 Å². The van der Waals surface area contributed by atoms with Crippen molar-refractivity contribution in [2.75, 3.05) is 12.3 Å². The largest absolute Gasteiger partial charge is 0.456 e. The zero-order chi connectivity index (χ0) is 23.8. The van der Waals surface area contributed by atoms with Crippen LogP contribution in [0, 0.1) is 6.92 Å². The average molecular weight is 445 g/mol. The summed E-state index contributed by atoms with van der Waals surface area (Å²) in [5, 5.41) is 2.95. The van der Waals surface area contributed by atoms with E-state index in [-0.39, 0.29) is 16.7 Å². The van der Waals surface area contributed by atoms with E-state index in [0.29, 0.717) is 18.7 Å². The minimum atomic E-state index is -0.179. The number of benzene rings is 2. The van der Waals surface area contributed by atoms with Crippen molar-refractivity contribution in [2.24, 2.45) is 0 Å². The predicted octanol–water partition coefficient (Wildman–Crippen LogP) is 6.08. The Hall–Kier alpha value is -3.01. The van der Waals surface area contributed by atoms with Crippen LogP contribution in [0.2, 0.25) is 0 Å². The van der Waals surface area contributed by atoms with E-state index in [1.54, 1.807) is 6.07 Å². The molecule has 3 N–H and O–H groups in total. The van der Waals surface area contributed by atoms with Crippen molar-refractivity contribution in [3.05, 3.63) is 87.9 Å². The van der Waals surface area contributed by atoms with Crippen molar-refractivity contribution in [3.63, 3.8) is 0 Å². The SMILES string of the molecule is Cc1cc2c(cc1Cc1ccc(C(=O)NCCc3ccc(N)cc3)o1)C(C)(C)CCC2(C)C. The highest BCUT2D eigenvalue weighted by molar-refractivity contribution is 5.91. The first-order valence-electron chi connectivity index (χ1n) is 11.9. The van der Waals surface area contributed by atoms with Crippen molar-refractivity contribution in [1.82, 2.24) is 5.32 Å². The van der Waals surface area contributed by atoms with Crippen LogP contribution in [-0.4, -0.2) is 12.5 Å². The Morgan fingerprint density at radius 3 is 2.27 bits per heavy atom. The number of fused-ring (bicyclic) bond motifs is 1. The molecular weight excluding hydrogens is 408 g/mol. The maximum Gasteiger partial charge on any atom is 0.287 e. The highest BCUT2D eigenvalue weighted by Gasteiger charge is 2.37. The Kier molecular flexibility index (Phi) is 6.13. The van der Waals surface area contributed by atoms with E-state index in [2.05, 4.69) is 52.1 Å². The van der Waals surface area contributed by atoms with Gasteiger partial charge >= 0.3 is 0 Å². The van der Waals surface area contributed by atoms with Gasteiger partial charge in [-0.05, 0) is 89.1 Å². The Morgan fingerprint density at radius 1 is 0.970 bits per heavy atom. The fraction of sp³-hybridized carbons (Fsp3) is 0.414. The van der Waals surface area contributed by atoms with Gasteiger partial charge in [-0.1, -0.05) is 52.0 Å². The molecule has 1 amide bonds. The summed E-state index contributed by atoms with van der Waals surface area (Å²) in [4.78, 5) is 12.5. The van der Waals surface area contributed by atoms with Crippen molar-refractivity contribution < 1.29 is 9.21 Å². The van der Waals surface area contributed by atoms with Gasteiger partial charge in [0.2, 0.25) is 0 Å². The molecule has 3 aromatic rings. The van der Waals surface area contributed by atoms with Crippen LogP contribution in [0.1, 0.15) is 84.7 Å². The number of nitrogens with one attached hydrogen (secondary N) is 1. The lowest BCUT2D eigenvalue weighted by Crippen LogP contribution is -2.34. The molecule has 33 heavy (non-hydrogen) atoms. The van der Waals surface area contributed by atoms with E-state index in [1.807, 2.05) is 30.3 Å². The number of nitrogens with two attached hydrogens (primary N) is 1. The van der Waals surface area contributed by atoms with Gasteiger partial charge in [-0.15, -0.1) is 0 Å². The van der Waals surface area contributed by atoms with E-state index in [0.717, 1.165) is 23.4 Å². The third-order valence-corrected chi connectivity index (χ3v) is 7.24. The van der Waals surface area contributed by atoms with Crippen LogP contribution in [0.3, 0.4) is 0 Å². The monoisotopic (exact) mass is 444 g/mol. The summed E-state index contributed by atoms with van der Waals surface area (Å²) in [6.07, 6.45) is 3.84. The zero-order valence-electron chi connectivity index (χ0n) is 20.5. The van der Waals surface area contributed by atoms with Crippen molar-refractivity contribution >= 4 is 11.6 Å². The number of carbonyl (C=O) groups is 1. The first-order chi connectivity index (χ1) is 15.5. The molecule has 4 heteroatoms. The average Bonchev–Trinajstić information content (AvgIpc) is 3.23. The molecule has 4 rings (SSSR count). The second kappa shape index (κ2) is 8.74. The highest BCUT2D eigenvalue weighted by atomic mass is 16.3. The normalized spacial score (nSPS) is 16.3. The summed E-state index contributed by atoms with van der Waals surface area (Å²) < 4.78 is 5.93. The molecule has 1 aliphatic carbocycles. The minimum absolute atomic E-state index is 0.173. The molecule has 174 valence electrons. The second-order valence-corrected chi connectivity index (χ2v) is 10.8. The van der Waals surface area contributed by atoms with Crippen LogP contribution < -0.4 is 11.1 Å². The van der Waals surface area contributed by atoms with Crippen LogP contribution in [0.15, 0.2) is 52.9 Å². The van der Waals surface area contributed by atoms with Crippen LogP contribution in [0.5, 0.6) is 0 Å². The third-order valence-electron chi connectivity index (χ3n) is 7.24. The quantitative estimate of drug-likeness (QED) is 0.453. The van der Waals surface area contributed by atoms with Gasteiger partial charge in [0.1, 0.15) is 5.76 Å². The van der Waals surface area contributed by atoms with Gasteiger partial charge in [-0.3, -0.25) is 4.79 Å². The number of anilines is 1. The molecule has 0 bridgehead atoms. The van der Waals surface area contributed by atoms with Crippen LogP contribution in [-0.2, 0) is 23.7 Å². The standard InChI is InChI=1S/C29H36N2O2/c1-19-16-24-25(29(4,5)14-13-28(24,2)3)18-21(19)17-23-10-11-26(33-23)27(32)31-15-12-20-6-8-22(30)9-7-20/h6-11,16,18H,12-15,17,30H2,1-5H3,(H,31,32). The summed E-state index contributed by atoms with van der Waals surface area (Å²) >= 11 is 0.